The van der Waals surface area contributed by atoms with E-state index in [1.807, 2.05) is 29.3 Å². The molecule has 0 radical (unpaired) electrons. The van der Waals surface area contributed by atoms with E-state index in [1.165, 1.54) is 0 Å². The van der Waals surface area contributed by atoms with E-state index in [4.69, 9.17) is 4.74 Å². The largest absolute Gasteiger partial charge is 0.484 e. The van der Waals surface area contributed by atoms with E-state index in [0.29, 0.717) is 17.0 Å². The molecule has 1 aliphatic heterocycles. The van der Waals surface area contributed by atoms with Crippen LogP contribution in [0.1, 0.15) is 28.2 Å². The molecule has 2 heterocycles. The van der Waals surface area contributed by atoms with Gasteiger partial charge in [0.25, 0.3) is 11.8 Å². The number of likely N-dealkylation sites (tertiary alicyclic amines) is 1. The molecule has 1 N–H and O–H groups in total. The van der Waals surface area contributed by atoms with E-state index in [9.17, 15) is 9.59 Å². The van der Waals surface area contributed by atoms with Crippen molar-refractivity contribution in [2.45, 2.75) is 19.8 Å². The van der Waals surface area contributed by atoms with Crippen LogP contribution in [0.15, 0.2) is 53.9 Å². The van der Waals surface area contributed by atoms with Crippen molar-refractivity contribution in [2.24, 2.45) is 0 Å². The fraction of sp³-hybridized carbons (Fsp3) is 0.261. The number of thiazole rings is 1. The van der Waals surface area contributed by atoms with Gasteiger partial charge >= 0.3 is 0 Å². The quantitative estimate of drug-likeness (QED) is 0.641. The summed E-state index contributed by atoms with van der Waals surface area (Å²) in [5.74, 6) is 0.429. The highest BCUT2D eigenvalue weighted by Crippen LogP contribution is 2.22. The summed E-state index contributed by atoms with van der Waals surface area (Å²) < 4.78 is 5.57. The van der Waals surface area contributed by atoms with Crippen LogP contribution in [0.5, 0.6) is 5.75 Å². The van der Waals surface area contributed by atoms with E-state index in [-0.39, 0.29) is 18.4 Å². The second-order valence-corrected chi connectivity index (χ2v) is 8.25. The zero-order valence-electron chi connectivity index (χ0n) is 16.8. The summed E-state index contributed by atoms with van der Waals surface area (Å²) in [5, 5.41) is 5.90. The molecule has 1 fully saturated rings. The molecule has 0 bridgehead atoms. The average molecular weight is 422 g/mol. The first-order valence-corrected chi connectivity index (χ1v) is 10.8. The monoisotopic (exact) mass is 421 g/mol. The Bertz CT molecular complexity index is 1020. The van der Waals surface area contributed by atoms with Crippen molar-refractivity contribution in [1.29, 1.82) is 0 Å². The molecule has 0 atom stereocenters. The normalized spacial score (nSPS) is 13.3. The third-order valence-electron chi connectivity index (χ3n) is 5.00. The van der Waals surface area contributed by atoms with Gasteiger partial charge in [0.15, 0.2) is 6.61 Å². The fourth-order valence-corrected chi connectivity index (χ4v) is 3.95. The molecule has 4 rings (SSSR count). The number of hydrogen-bond acceptors (Lipinski definition) is 5. The molecular weight excluding hydrogens is 398 g/mol. The van der Waals surface area contributed by atoms with E-state index in [1.54, 1.807) is 47.7 Å². The molecule has 1 saturated heterocycles. The lowest BCUT2D eigenvalue weighted by Gasteiger charge is -2.15. The lowest BCUT2D eigenvalue weighted by Crippen LogP contribution is -2.32. The number of hydrogen-bond donors (Lipinski definition) is 1. The molecule has 0 saturated carbocycles. The highest BCUT2D eigenvalue weighted by molar-refractivity contribution is 7.09. The number of benzene rings is 2. The smallest absolute Gasteiger partial charge is 0.260 e. The van der Waals surface area contributed by atoms with Gasteiger partial charge in [0.2, 0.25) is 0 Å². The minimum atomic E-state index is -0.186. The molecule has 154 valence electrons. The highest BCUT2D eigenvalue weighted by Gasteiger charge is 2.18. The lowest BCUT2D eigenvalue weighted by molar-refractivity contribution is -0.132. The van der Waals surface area contributed by atoms with Crippen LogP contribution >= 0.6 is 11.3 Å². The number of aryl methyl sites for hydroxylation is 1. The molecule has 3 aromatic rings. The molecule has 1 aromatic heterocycles. The molecule has 30 heavy (non-hydrogen) atoms. The Labute approximate surface area is 179 Å². The lowest BCUT2D eigenvalue weighted by atomic mass is 10.1. The predicted octanol–water partition coefficient (Wildman–Crippen LogP) is 4.37. The summed E-state index contributed by atoms with van der Waals surface area (Å²) in [7, 11) is 0. The van der Waals surface area contributed by atoms with Gasteiger partial charge in [-0.15, -0.1) is 11.3 Å². The van der Waals surface area contributed by atoms with Gasteiger partial charge in [0.1, 0.15) is 5.75 Å². The number of carbonyl (C=O) groups excluding carboxylic acids is 2. The number of ether oxygens (including phenoxy) is 1. The van der Waals surface area contributed by atoms with Crippen molar-refractivity contribution in [2.75, 3.05) is 25.0 Å². The van der Waals surface area contributed by atoms with Crippen LogP contribution in [0, 0.1) is 6.92 Å². The molecule has 2 amide bonds. The van der Waals surface area contributed by atoms with Gasteiger partial charge < -0.3 is 15.0 Å². The molecule has 7 heteroatoms. The summed E-state index contributed by atoms with van der Waals surface area (Å²) in [6, 6.07) is 14.4. The molecule has 0 spiro atoms. The number of nitrogens with zero attached hydrogens (tertiary/aromatic N) is 2. The summed E-state index contributed by atoms with van der Waals surface area (Å²) in [5.41, 5.74) is 3.14. The molecular formula is C23H23N3O3S. The van der Waals surface area contributed by atoms with Crippen LogP contribution in [0.3, 0.4) is 0 Å². The maximum absolute atomic E-state index is 12.5. The van der Waals surface area contributed by atoms with E-state index >= 15 is 0 Å². The van der Waals surface area contributed by atoms with Crippen molar-refractivity contribution < 1.29 is 14.3 Å². The van der Waals surface area contributed by atoms with Gasteiger partial charge in [-0.3, -0.25) is 9.59 Å². The zero-order valence-corrected chi connectivity index (χ0v) is 17.6. The van der Waals surface area contributed by atoms with Crippen LogP contribution < -0.4 is 10.1 Å². The molecule has 6 nitrogen and oxygen atoms in total. The van der Waals surface area contributed by atoms with Crippen molar-refractivity contribution in [3.8, 4) is 17.0 Å². The Kier molecular flexibility index (Phi) is 6.09. The van der Waals surface area contributed by atoms with Crippen molar-refractivity contribution >= 4 is 28.8 Å². The number of carbonyl (C=O) groups is 2. The molecule has 2 aromatic carbocycles. The Hall–Kier alpha value is -3.19. The van der Waals surface area contributed by atoms with Gasteiger partial charge in [0, 0.05) is 35.3 Å². The maximum Gasteiger partial charge on any atom is 0.260 e. The Balaban J connectivity index is 1.31. The summed E-state index contributed by atoms with van der Waals surface area (Å²) in [4.78, 5) is 30.8. The Morgan fingerprint density at radius 2 is 1.77 bits per heavy atom. The first kappa shape index (κ1) is 20.1. The molecule has 1 aliphatic rings. The Morgan fingerprint density at radius 1 is 1.07 bits per heavy atom. The van der Waals surface area contributed by atoms with Crippen molar-refractivity contribution in [1.82, 2.24) is 9.88 Å². The second kappa shape index (κ2) is 9.09. The predicted molar refractivity (Wildman–Crippen MR) is 118 cm³/mol. The van der Waals surface area contributed by atoms with E-state index < -0.39 is 0 Å². The minimum absolute atomic E-state index is 0.0149. The fourth-order valence-electron chi connectivity index (χ4n) is 3.33. The summed E-state index contributed by atoms with van der Waals surface area (Å²) in [6.45, 7) is 3.64. The standard InChI is InChI=1S/C23H23N3O3S/c1-16-24-21(15-30-16)17-4-6-18(7-5-17)23(28)25-19-8-10-20(11-9-19)29-14-22(27)26-12-2-3-13-26/h4-11,15H,2-3,12-14H2,1H3,(H,25,28). The molecule has 0 unspecified atom stereocenters. The number of anilines is 1. The van der Waals surface area contributed by atoms with Crippen LogP contribution in [-0.4, -0.2) is 41.4 Å². The third-order valence-corrected chi connectivity index (χ3v) is 5.77. The number of amides is 2. The SMILES string of the molecule is Cc1nc(-c2ccc(C(=O)Nc3ccc(OCC(=O)N4CCCC4)cc3)cc2)cs1. The second-order valence-electron chi connectivity index (χ2n) is 7.18. The third kappa shape index (κ3) is 4.86. The van der Waals surface area contributed by atoms with E-state index in [2.05, 4.69) is 10.3 Å². The van der Waals surface area contributed by atoms with Crippen molar-refractivity contribution in [3.05, 3.63) is 64.5 Å². The maximum atomic E-state index is 12.5. The number of rotatable bonds is 6. The van der Waals surface area contributed by atoms with Crippen LogP contribution in [0.4, 0.5) is 5.69 Å². The average Bonchev–Trinajstić information content (AvgIpc) is 3.45. The Morgan fingerprint density at radius 3 is 2.40 bits per heavy atom. The zero-order chi connectivity index (χ0) is 20.9. The van der Waals surface area contributed by atoms with Gasteiger partial charge in [-0.05, 0) is 56.2 Å². The van der Waals surface area contributed by atoms with Gasteiger partial charge in [-0.1, -0.05) is 12.1 Å². The first-order valence-electron chi connectivity index (χ1n) is 9.93. The van der Waals surface area contributed by atoms with Gasteiger partial charge in [-0.2, -0.15) is 0 Å². The van der Waals surface area contributed by atoms with Crippen molar-refractivity contribution in [3.63, 3.8) is 0 Å². The van der Waals surface area contributed by atoms with E-state index in [0.717, 1.165) is 42.2 Å². The van der Waals surface area contributed by atoms with Gasteiger partial charge in [0.05, 0.1) is 10.7 Å². The molecule has 0 aliphatic carbocycles. The van der Waals surface area contributed by atoms with Crippen LogP contribution in [0.25, 0.3) is 11.3 Å². The highest BCUT2D eigenvalue weighted by atomic mass is 32.1. The van der Waals surface area contributed by atoms with Crippen LogP contribution in [0.2, 0.25) is 0 Å². The number of aromatic nitrogens is 1. The summed E-state index contributed by atoms with van der Waals surface area (Å²) in [6.07, 6.45) is 2.13. The first-order chi connectivity index (χ1) is 14.6. The number of nitrogens with one attached hydrogen (secondary N) is 1. The van der Waals surface area contributed by atoms with Crippen LogP contribution in [-0.2, 0) is 4.79 Å². The summed E-state index contributed by atoms with van der Waals surface area (Å²) >= 11 is 1.60. The minimum Gasteiger partial charge on any atom is -0.484 e. The van der Waals surface area contributed by atoms with Gasteiger partial charge in [-0.25, -0.2) is 4.98 Å². The topological polar surface area (TPSA) is 71.5 Å².